The Bertz CT molecular complexity index is 194. The van der Waals surface area contributed by atoms with Crippen LogP contribution >= 0.6 is 0 Å². The predicted molar refractivity (Wildman–Crippen MR) is 49.4 cm³/mol. The highest BCUT2D eigenvalue weighted by Gasteiger charge is 1.85. The van der Waals surface area contributed by atoms with E-state index in [-0.39, 0.29) is 0 Å². The Kier molecular flexibility index (Phi) is 9.68. The average molecular weight is 150 g/mol. The summed E-state index contributed by atoms with van der Waals surface area (Å²) in [6.07, 6.45) is 1.40. The van der Waals surface area contributed by atoms with Crippen molar-refractivity contribution >= 4 is 5.71 Å². The summed E-state index contributed by atoms with van der Waals surface area (Å²) in [7, 11) is 0. The first-order valence-corrected chi connectivity index (χ1v) is 3.47. The molecule has 0 N–H and O–H groups in total. The summed E-state index contributed by atoms with van der Waals surface area (Å²) in [4.78, 5) is 3.76. The molecule has 2 nitrogen and oxygen atoms in total. The first kappa shape index (κ1) is 12.3. The second kappa shape index (κ2) is 8.64. The second-order valence-corrected chi connectivity index (χ2v) is 1.55. The first-order chi connectivity index (χ1) is 5.20. The van der Waals surface area contributed by atoms with Crippen molar-refractivity contribution in [1.29, 1.82) is 5.26 Å². The fourth-order valence-corrected chi connectivity index (χ4v) is 0.322. The summed E-state index contributed by atoms with van der Waals surface area (Å²) >= 11 is 0. The van der Waals surface area contributed by atoms with Gasteiger partial charge in [-0.05, 0) is 13.0 Å². The second-order valence-electron chi connectivity index (χ2n) is 1.55. The van der Waals surface area contributed by atoms with Crippen molar-refractivity contribution in [1.82, 2.24) is 0 Å². The molecular formula is C9H14N2. The lowest BCUT2D eigenvalue weighted by molar-refractivity contribution is 1.33. The van der Waals surface area contributed by atoms with E-state index in [1.807, 2.05) is 19.9 Å². The Labute approximate surface area is 68.6 Å². The molecule has 0 aromatic carbocycles. The third kappa shape index (κ3) is 8.64. The Morgan fingerprint density at radius 3 is 2.09 bits per heavy atom. The van der Waals surface area contributed by atoms with Crippen LogP contribution in [0.15, 0.2) is 29.9 Å². The minimum absolute atomic E-state index is 0.308. The summed E-state index contributed by atoms with van der Waals surface area (Å²) in [5, 5.41) is 8.28. The molecule has 0 atom stereocenters. The summed E-state index contributed by atoms with van der Waals surface area (Å²) < 4.78 is 0. The molecular weight excluding hydrogens is 136 g/mol. The molecule has 0 fully saturated rings. The zero-order chi connectivity index (χ0) is 9.28. The van der Waals surface area contributed by atoms with E-state index in [2.05, 4.69) is 18.2 Å². The van der Waals surface area contributed by atoms with Crippen molar-refractivity contribution in [3.05, 3.63) is 24.9 Å². The summed E-state index contributed by atoms with van der Waals surface area (Å²) in [6, 6.07) is 1.85. The highest BCUT2D eigenvalue weighted by Crippen LogP contribution is 1.89. The third-order valence-electron chi connectivity index (χ3n) is 0.619. The molecule has 0 saturated carbocycles. The molecule has 0 heterocycles. The van der Waals surface area contributed by atoms with Gasteiger partial charge in [0.2, 0.25) is 0 Å². The van der Waals surface area contributed by atoms with Crippen LogP contribution in [0.2, 0.25) is 0 Å². The Balaban J connectivity index is 0. The van der Waals surface area contributed by atoms with Crippen LogP contribution in [0.25, 0.3) is 0 Å². The SMILES string of the molecule is C=CC(C#N)=NC(=C)C.CC. The number of allylic oxidation sites excluding steroid dienone is 2. The van der Waals surface area contributed by atoms with E-state index < -0.39 is 0 Å². The summed E-state index contributed by atoms with van der Waals surface area (Å²) in [5.74, 6) is 0. The van der Waals surface area contributed by atoms with E-state index in [1.54, 1.807) is 6.92 Å². The molecule has 0 rings (SSSR count). The molecule has 0 aromatic rings. The van der Waals surface area contributed by atoms with Gasteiger partial charge < -0.3 is 0 Å². The van der Waals surface area contributed by atoms with Gasteiger partial charge in [-0.3, -0.25) is 0 Å². The quantitative estimate of drug-likeness (QED) is 0.557. The molecule has 11 heavy (non-hydrogen) atoms. The van der Waals surface area contributed by atoms with Gasteiger partial charge in [-0.2, -0.15) is 5.26 Å². The van der Waals surface area contributed by atoms with E-state index in [1.165, 1.54) is 6.08 Å². The molecule has 0 aliphatic carbocycles. The Morgan fingerprint density at radius 2 is 2.00 bits per heavy atom. The van der Waals surface area contributed by atoms with E-state index in [4.69, 9.17) is 5.26 Å². The number of nitrogens with zero attached hydrogens (tertiary/aromatic N) is 2. The monoisotopic (exact) mass is 150 g/mol. The number of nitriles is 1. The molecule has 0 radical (unpaired) electrons. The van der Waals surface area contributed by atoms with Crippen molar-refractivity contribution < 1.29 is 0 Å². The minimum atomic E-state index is 0.308. The molecule has 0 aliphatic heterocycles. The van der Waals surface area contributed by atoms with Gasteiger partial charge in [0, 0.05) is 5.70 Å². The summed E-state index contributed by atoms with van der Waals surface area (Å²) in [5.41, 5.74) is 0.925. The number of hydrogen-bond donors (Lipinski definition) is 0. The predicted octanol–water partition coefficient (Wildman–Crippen LogP) is 2.70. The van der Waals surface area contributed by atoms with Gasteiger partial charge >= 0.3 is 0 Å². The largest absolute Gasteiger partial charge is 0.243 e. The van der Waals surface area contributed by atoms with E-state index in [9.17, 15) is 0 Å². The third-order valence-corrected chi connectivity index (χ3v) is 0.619. The highest BCUT2D eigenvalue weighted by atomic mass is 14.7. The van der Waals surface area contributed by atoms with Gasteiger partial charge in [0.25, 0.3) is 0 Å². The molecule has 0 aromatic heterocycles. The molecule has 0 unspecified atom stereocenters. The Morgan fingerprint density at radius 1 is 1.55 bits per heavy atom. The van der Waals surface area contributed by atoms with E-state index in [0.29, 0.717) is 11.4 Å². The van der Waals surface area contributed by atoms with Crippen LogP contribution < -0.4 is 0 Å². The average Bonchev–Trinajstić information content (AvgIpc) is 2.03. The maximum Gasteiger partial charge on any atom is 0.140 e. The van der Waals surface area contributed by atoms with E-state index in [0.717, 1.165) is 0 Å². The van der Waals surface area contributed by atoms with Gasteiger partial charge in [0.1, 0.15) is 11.8 Å². The van der Waals surface area contributed by atoms with Gasteiger partial charge in [-0.25, -0.2) is 4.99 Å². The molecule has 0 spiro atoms. The zero-order valence-electron chi connectivity index (χ0n) is 7.39. The molecule has 0 saturated heterocycles. The minimum Gasteiger partial charge on any atom is -0.243 e. The van der Waals surface area contributed by atoms with Gasteiger partial charge in [0.15, 0.2) is 0 Å². The maximum absolute atomic E-state index is 8.28. The standard InChI is InChI=1S/C7H8N2.C2H6/c1-4-7(5-8)9-6(2)3;1-2/h4H,1-2H2,3H3;1-2H3. The molecule has 60 valence electrons. The highest BCUT2D eigenvalue weighted by molar-refractivity contribution is 6.07. The molecule has 0 amide bonds. The van der Waals surface area contributed by atoms with Crippen molar-refractivity contribution in [2.75, 3.05) is 0 Å². The number of hydrogen-bond acceptors (Lipinski definition) is 2. The van der Waals surface area contributed by atoms with Crippen LogP contribution in [-0.4, -0.2) is 5.71 Å². The zero-order valence-corrected chi connectivity index (χ0v) is 7.39. The van der Waals surface area contributed by atoms with Crippen LogP contribution in [0.4, 0.5) is 0 Å². The lowest BCUT2D eigenvalue weighted by Gasteiger charge is -1.85. The smallest absolute Gasteiger partial charge is 0.140 e. The maximum atomic E-state index is 8.28. The first-order valence-electron chi connectivity index (χ1n) is 3.47. The van der Waals surface area contributed by atoms with Crippen molar-refractivity contribution in [3.8, 4) is 6.07 Å². The van der Waals surface area contributed by atoms with Gasteiger partial charge in [-0.15, -0.1) is 0 Å². The molecule has 2 heteroatoms. The lowest BCUT2D eigenvalue weighted by atomic mass is 10.4. The van der Waals surface area contributed by atoms with Crippen LogP contribution in [0, 0.1) is 11.3 Å². The van der Waals surface area contributed by atoms with E-state index >= 15 is 0 Å². The van der Waals surface area contributed by atoms with Crippen LogP contribution in [0.3, 0.4) is 0 Å². The number of aliphatic imine (C=N–C) groups is 1. The lowest BCUT2D eigenvalue weighted by Crippen LogP contribution is -1.85. The fourth-order valence-electron chi connectivity index (χ4n) is 0.322. The van der Waals surface area contributed by atoms with Gasteiger partial charge in [0.05, 0.1) is 0 Å². The molecule has 0 aliphatic rings. The van der Waals surface area contributed by atoms with Crippen LogP contribution in [-0.2, 0) is 0 Å². The Hall–Kier alpha value is -1.36. The molecule has 0 bridgehead atoms. The van der Waals surface area contributed by atoms with Crippen molar-refractivity contribution in [2.24, 2.45) is 4.99 Å². The number of rotatable bonds is 2. The van der Waals surface area contributed by atoms with Crippen molar-refractivity contribution in [3.63, 3.8) is 0 Å². The normalized spacial score (nSPS) is 8.73. The summed E-state index contributed by atoms with van der Waals surface area (Å²) in [6.45, 7) is 12.6. The fraction of sp³-hybridized carbons (Fsp3) is 0.333. The topological polar surface area (TPSA) is 36.1 Å². The van der Waals surface area contributed by atoms with Crippen LogP contribution in [0.5, 0.6) is 0 Å². The van der Waals surface area contributed by atoms with Crippen molar-refractivity contribution in [2.45, 2.75) is 20.8 Å². The van der Waals surface area contributed by atoms with Gasteiger partial charge in [-0.1, -0.05) is 27.0 Å². The van der Waals surface area contributed by atoms with Crippen LogP contribution in [0.1, 0.15) is 20.8 Å².